The number of rotatable bonds is 2. The maximum Gasteiger partial charge on any atom is 0.137 e. The van der Waals surface area contributed by atoms with Gasteiger partial charge in [-0.1, -0.05) is 23.2 Å². The second-order valence-corrected chi connectivity index (χ2v) is 8.14. The minimum atomic E-state index is 0. The molecule has 0 amide bonds. The SMILES string of the molecule is CN1Cc2sc(Br)cc2C(Oc2ccc(Cl)c(Cl)c2)C1.Cl. The van der Waals surface area contributed by atoms with Crippen LogP contribution in [0.4, 0.5) is 0 Å². The first kappa shape index (κ1) is 17.4. The molecule has 7 heteroatoms. The van der Waals surface area contributed by atoms with E-state index in [-0.39, 0.29) is 18.5 Å². The van der Waals surface area contributed by atoms with Crippen molar-refractivity contribution in [2.45, 2.75) is 12.6 Å². The number of ether oxygens (including phenoxy) is 1. The van der Waals surface area contributed by atoms with Gasteiger partial charge < -0.3 is 4.74 Å². The molecule has 1 unspecified atom stereocenters. The molecule has 1 aliphatic rings. The lowest BCUT2D eigenvalue weighted by Crippen LogP contribution is -2.31. The molecule has 3 rings (SSSR count). The molecule has 0 spiro atoms. The van der Waals surface area contributed by atoms with Gasteiger partial charge in [-0.15, -0.1) is 23.7 Å². The Bertz CT molecular complexity index is 649. The second kappa shape index (κ2) is 7.07. The van der Waals surface area contributed by atoms with Crippen molar-refractivity contribution in [2.75, 3.05) is 13.6 Å². The van der Waals surface area contributed by atoms with Crippen LogP contribution in [0.2, 0.25) is 10.0 Å². The summed E-state index contributed by atoms with van der Waals surface area (Å²) in [5, 5.41) is 1.05. The molecular weight excluding hydrogens is 416 g/mol. The molecule has 21 heavy (non-hydrogen) atoms. The van der Waals surface area contributed by atoms with Crippen LogP contribution in [0.5, 0.6) is 5.75 Å². The summed E-state index contributed by atoms with van der Waals surface area (Å²) in [5.41, 5.74) is 1.26. The molecule has 0 aliphatic carbocycles. The summed E-state index contributed by atoms with van der Waals surface area (Å²) in [6.45, 7) is 1.82. The summed E-state index contributed by atoms with van der Waals surface area (Å²) >= 11 is 17.3. The van der Waals surface area contributed by atoms with Gasteiger partial charge in [0, 0.05) is 29.6 Å². The molecule has 1 aliphatic heterocycles. The number of thiophene rings is 1. The number of nitrogens with zero attached hydrogens (tertiary/aromatic N) is 1. The average Bonchev–Trinajstić information content (AvgIpc) is 2.74. The summed E-state index contributed by atoms with van der Waals surface area (Å²) in [5.74, 6) is 0.743. The first-order valence-corrected chi connectivity index (χ1v) is 8.48. The van der Waals surface area contributed by atoms with Gasteiger partial charge in [0.15, 0.2) is 0 Å². The first-order chi connectivity index (χ1) is 9.52. The standard InChI is InChI=1S/C14H12BrCl2NOS.ClH/c1-18-6-12(9-5-14(15)20-13(9)7-18)19-8-2-3-10(16)11(17)4-8;/h2-5,12H,6-7H2,1H3;1H. The number of likely N-dealkylation sites (N-methyl/N-ethyl adjacent to an activating group) is 1. The Morgan fingerprint density at radius 3 is 2.76 bits per heavy atom. The van der Waals surface area contributed by atoms with Crippen molar-refractivity contribution in [1.82, 2.24) is 4.90 Å². The van der Waals surface area contributed by atoms with Crippen molar-refractivity contribution in [1.29, 1.82) is 0 Å². The van der Waals surface area contributed by atoms with E-state index >= 15 is 0 Å². The highest BCUT2D eigenvalue weighted by atomic mass is 79.9. The van der Waals surface area contributed by atoms with E-state index in [1.54, 1.807) is 23.5 Å². The van der Waals surface area contributed by atoms with Gasteiger partial charge >= 0.3 is 0 Å². The number of hydrogen-bond donors (Lipinski definition) is 0. The molecule has 2 aromatic rings. The minimum absolute atomic E-state index is 0. The van der Waals surface area contributed by atoms with Gasteiger partial charge in [-0.25, -0.2) is 0 Å². The fourth-order valence-corrected chi connectivity index (χ4v) is 4.45. The van der Waals surface area contributed by atoms with Crippen molar-refractivity contribution in [3.63, 3.8) is 0 Å². The van der Waals surface area contributed by atoms with Crippen LogP contribution in [-0.4, -0.2) is 18.5 Å². The third kappa shape index (κ3) is 3.87. The van der Waals surface area contributed by atoms with Gasteiger partial charge in [-0.2, -0.15) is 0 Å². The topological polar surface area (TPSA) is 12.5 Å². The molecule has 1 aromatic heterocycles. The maximum atomic E-state index is 6.10. The molecule has 0 fully saturated rings. The van der Waals surface area contributed by atoms with Gasteiger partial charge in [0.05, 0.1) is 13.8 Å². The van der Waals surface area contributed by atoms with Crippen LogP contribution in [0.3, 0.4) is 0 Å². The largest absolute Gasteiger partial charge is 0.484 e. The van der Waals surface area contributed by atoms with E-state index in [4.69, 9.17) is 27.9 Å². The zero-order valence-electron chi connectivity index (χ0n) is 11.1. The molecule has 0 N–H and O–H groups in total. The Balaban J connectivity index is 0.00000161. The Morgan fingerprint density at radius 1 is 1.29 bits per heavy atom. The number of fused-ring (bicyclic) bond motifs is 1. The van der Waals surface area contributed by atoms with E-state index < -0.39 is 0 Å². The maximum absolute atomic E-state index is 6.10. The first-order valence-electron chi connectivity index (χ1n) is 6.11. The van der Waals surface area contributed by atoms with E-state index in [1.807, 2.05) is 6.07 Å². The number of benzene rings is 1. The molecule has 1 aromatic carbocycles. The van der Waals surface area contributed by atoms with Crippen LogP contribution in [0.25, 0.3) is 0 Å². The van der Waals surface area contributed by atoms with Crippen LogP contribution in [0, 0.1) is 0 Å². The molecule has 0 saturated heterocycles. The fraction of sp³-hybridized carbons (Fsp3) is 0.286. The Kier molecular flexibility index (Phi) is 5.85. The summed E-state index contributed by atoms with van der Waals surface area (Å²) in [6.07, 6.45) is 0.0172. The molecule has 2 heterocycles. The minimum Gasteiger partial charge on any atom is -0.484 e. The van der Waals surface area contributed by atoms with Gasteiger partial charge in [-0.3, -0.25) is 4.90 Å². The van der Waals surface area contributed by atoms with Gasteiger partial charge in [0.2, 0.25) is 0 Å². The quantitative estimate of drug-likeness (QED) is 0.598. The number of hydrogen-bond acceptors (Lipinski definition) is 3. The van der Waals surface area contributed by atoms with E-state index in [2.05, 4.69) is 33.9 Å². The molecular formula is C14H13BrCl3NOS. The van der Waals surface area contributed by atoms with Gasteiger partial charge in [0.1, 0.15) is 11.9 Å². The molecule has 0 radical (unpaired) electrons. The lowest BCUT2D eigenvalue weighted by molar-refractivity contribution is 0.131. The zero-order chi connectivity index (χ0) is 14.3. The van der Waals surface area contributed by atoms with E-state index in [0.717, 1.165) is 22.6 Å². The van der Waals surface area contributed by atoms with E-state index in [9.17, 15) is 0 Å². The lowest BCUT2D eigenvalue weighted by atomic mass is 10.1. The van der Waals surface area contributed by atoms with Crippen molar-refractivity contribution < 1.29 is 4.74 Å². The van der Waals surface area contributed by atoms with Crippen LogP contribution in [0.1, 0.15) is 16.5 Å². The third-order valence-corrected chi connectivity index (χ3v) is 5.60. The normalized spacial score (nSPS) is 18.0. The Hall–Kier alpha value is 0.0300. The lowest BCUT2D eigenvalue weighted by Gasteiger charge is -2.30. The van der Waals surface area contributed by atoms with Crippen molar-refractivity contribution in [3.8, 4) is 5.75 Å². The predicted molar refractivity (Wildman–Crippen MR) is 95.4 cm³/mol. The molecule has 0 bridgehead atoms. The summed E-state index contributed by atoms with van der Waals surface area (Å²) in [6, 6.07) is 7.52. The van der Waals surface area contributed by atoms with Gasteiger partial charge in [0.25, 0.3) is 0 Å². The highest BCUT2D eigenvalue weighted by molar-refractivity contribution is 9.11. The highest BCUT2D eigenvalue weighted by Gasteiger charge is 2.27. The van der Waals surface area contributed by atoms with Crippen LogP contribution < -0.4 is 4.74 Å². The number of halogens is 4. The van der Waals surface area contributed by atoms with Crippen LogP contribution in [-0.2, 0) is 6.54 Å². The smallest absolute Gasteiger partial charge is 0.137 e. The van der Waals surface area contributed by atoms with Crippen molar-refractivity contribution in [3.05, 3.63) is 48.5 Å². The Labute approximate surface area is 152 Å². The van der Waals surface area contributed by atoms with Crippen LogP contribution >= 0.6 is 62.9 Å². The van der Waals surface area contributed by atoms with Crippen molar-refractivity contribution >= 4 is 62.9 Å². The molecule has 1 atom stereocenters. The summed E-state index contributed by atoms with van der Waals surface area (Å²) in [4.78, 5) is 3.60. The van der Waals surface area contributed by atoms with Gasteiger partial charge in [-0.05, 0) is 41.2 Å². The van der Waals surface area contributed by atoms with E-state index in [1.165, 1.54) is 10.4 Å². The third-order valence-electron chi connectivity index (χ3n) is 3.22. The molecule has 2 nitrogen and oxygen atoms in total. The monoisotopic (exact) mass is 427 g/mol. The van der Waals surface area contributed by atoms with E-state index in [0.29, 0.717) is 10.0 Å². The average molecular weight is 430 g/mol. The Morgan fingerprint density at radius 2 is 2.05 bits per heavy atom. The summed E-state index contributed by atoms with van der Waals surface area (Å²) in [7, 11) is 2.10. The molecule has 0 saturated carbocycles. The highest BCUT2D eigenvalue weighted by Crippen LogP contribution is 2.38. The van der Waals surface area contributed by atoms with Crippen LogP contribution in [0.15, 0.2) is 28.1 Å². The van der Waals surface area contributed by atoms with Crippen molar-refractivity contribution in [2.24, 2.45) is 0 Å². The molecule has 114 valence electrons. The summed E-state index contributed by atoms with van der Waals surface area (Å²) < 4.78 is 7.24. The zero-order valence-corrected chi connectivity index (χ0v) is 15.8. The fourth-order valence-electron chi connectivity index (χ4n) is 2.31. The predicted octanol–water partition coefficient (Wildman–Crippen LogP) is 5.80. The second-order valence-electron chi connectivity index (χ2n) is 4.81.